The molecular weight excluding hydrogens is 272 g/mol. The van der Waals surface area contributed by atoms with Crippen LogP contribution < -0.4 is 0 Å². The highest BCUT2D eigenvalue weighted by Gasteiger charge is 2.33. The van der Waals surface area contributed by atoms with Gasteiger partial charge < -0.3 is 0 Å². The first-order valence-electron chi connectivity index (χ1n) is 6.59. The SMILES string of the molecule is CC(C)C(C)N(C)S(=O)(=O)N1CCC(CCl)CC1. The monoisotopic (exact) mass is 296 g/mol. The Balaban J connectivity index is 2.70. The minimum Gasteiger partial charge on any atom is -0.195 e. The van der Waals surface area contributed by atoms with Crippen molar-refractivity contribution in [2.75, 3.05) is 26.0 Å². The summed E-state index contributed by atoms with van der Waals surface area (Å²) in [6.07, 6.45) is 1.74. The fraction of sp³-hybridized carbons (Fsp3) is 1.00. The van der Waals surface area contributed by atoms with Gasteiger partial charge >= 0.3 is 0 Å². The van der Waals surface area contributed by atoms with E-state index < -0.39 is 10.2 Å². The summed E-state index contributed by atoms with van der Waals surface area (Å²) in [4.78, 5) is 0. The Labute approximate surface area is 116 Å². The Bertz CT molecular complexity index is 351. The molecule has 1 atom stereocenters. The Morgan fingerprint density at radius 1 is 1.28 bits per heavy atom. The van der Waals surface area contributed by atoms with Gasteiger partial charge in [-0.25, -0.2) is 0 Å². The van der Waals surface area contributed by atoms with Crippen LogP contribution in [0.1, 0.15) is 33.6 Å². The van der Waals surface area contributed by atoms with Gasteiger partial charge in [-0.05, 0) is 31.6 Å². The van der Waals surface area contributed by atoms with Crippen LogP contribution in [0.3, 0.4) is 0 Å². The smallest absolute Gasteiger partial charge is 0.195 e. The molecule has 1 unspecified atom stereocenters. The van der Waals surface area contributed by atoms with Crippen molar-refractivity contribution in [3.8, 4) is 0 Å². The summed E-state index contributed by atoms with van der Waals surface area (Å²) in [6.45, 7) is 7.21. The molecule has 108 valence electrons. The lowest BCUT2D eigenvalue weighted by atomic mass is 10.0. The van der Waals surface area contributed by atoms with Crippen LogP contribution in [0.15, 0.2) is 0 Å². The molecule has 1 fully saturated rings. The summed E-state index contributed by atoms with van der Waals surface area (Å²) in [5.41, 5.74) is 0. The number of alkyl halides is 1. The van der Waals surface area contributed by atoms with Gasteiger partial charge in [-0.2, -0.15) is 17.0 Å². The zero-order chi connectivity index (χ0) is 13.9. The van der Waals surface area contributed by atoms with Crippen LogP contribution in [0.25, 0.3) is 0 Å². The summed E-state index contributed by atoms with van der Waals surface area (Å²) < 4.78 is 28.0. The fourth-order valence-corrected chi connectivity index (χ4v) is 4.12. The van der Waals surface area contributed by atoms with Crippen LogP contribution in [0.2, 0.25) is 0 Å². The maximum atomic E-state index is 12.4. The second kappa shape index (κ2) is 6.55. The van der Waals surface area contributed by atoms with E-state index in [-0.39, 0.29) is 6.04 Å². The number of nitrogens with zero attached hydrogens (tertiary/aromatic N) is 2. The number of hydrogen-bond acceptors (Lipinski definition) is 2. The van der Waals surface area contributed by atoms with Gasteiger partial charge in [-0.3, -0.25) is 0 Å². The normalized spacial score (nSPS) is 21.7. The highest BCUT2D eigenvalue weighted by molar-refractivity contribution is 7.86. The molecule has 0 aromatic heterocycles. The third-order valence-corrected chi connectivity index (χ3v) is 6.53. The number of halogens is 1. The van der Waals surface area contributed by atoms with E-state index in [0.717, 1.165) is 12.8 Å². The van der Waals surface area contributed by atoms with E-state index in [1.165, 1.54) is 4.31 Å². The van der Waals surface area contributed by atoms with Gasteiger partial charge in [0.15, 0.2) is 0 Å². The lowest BCUT2D eigenvalue weighted by Gasteiger charge is -2.36. The quantitative estimate of drug-likeness (QED) is 0.730. The Kier molecular flexibility index (Phi) is 5.90. The van der Waals surface area contributed by atoms with Crippen LogP contribution in [0.5, 0.6) is 0 Å². The van der Waals surface area contributed by atoms with E-state index in [4.69, 9.17) is 11.6 Å². The van der Waals surface area contributed by atoms with Crippen molar-refractivity contribution in [1.29, 1.82) is 0 Å². The maximum Gasteiger partial charge on any atom is 0.281 e. The van der Waals surface area contributed by atoms with E-state index in [1.54, 1.807) is 11.4 Å². The molecule has 0 bridgehead atoms. The summed E-state index contributed by atoms with van der Waals surface area (Å²) in [5, 5.41) is 0. The summed E-state index contributed by atoms with van der Waals surface area (Å²) in [7, 11) is -1.64. The fourth-order valence-electron chi connectivity index (χ4n) is 2.11. The molecule has 1 aliphatic heterocycles. The zero-order valence-electron chi connectivity index (χ0n) is 11.8. The predicted octanol–water partition coefficient (Wildman–Crippen LogP) is 2.16. The third-order valence-electron chi connectivity index (χ3n) is 4.02. The van der Waals surface area contributed by atoms with Crippen molar-refractivity contribution in [1.82, 2.24) is 8.61 Å². The average Bonchev–Trinajstić information content (AvgIpc) is 2.36. The Morgan fingerprint density at radius 3 is 2.17 bits per heavy atom. The van der Waals surface area contributed by atoms with Crippen LogP contribution in [-0.4, -0.2) is 49.1 Å². The highest BCUT2D eigenvalue weighted by Crippen LogP contribution is 2.23. The van der Waals surface area contributed by atoms with Crippen molar-refractivity contribution in [3.05, 3.63) is 0 Å². The molecular formula is C12H25ClN2O2S. The lowest BCUT2D eigenvalue weighted by Crippen LogP contribution is -2.49. The average molecular weight is 297 g/mol. The van der Waals surface area contributed by atoms with E-state index in [9.17, 15) is 8.42 Å². The van der Waals surface area contributed by atoms with Gasteiger partial charge in [0.05, 0.1) is 0 Å². The molecule has 0 amide bonds. The summed E-state index contributed by atoms with van der Waals surface area (Å²) in [6, 6.07) is 0.0146. The molecule has 1 heterocycles. The number of hydrogen-bond donors (Lipinski definition) is 0. The van der Waals surface area contributed by atoms with Gasteiger partial charge in [0.1, 0.15) is 0 Å². The standard InChI is InChI=1S/C12H25ClN2O2S/c1-10(2)11(3)14(4)18(16,17)15-7-5-12(9-13)6-8-15/h10-12H,5-9H2,1-4H3. The molecule has 0 aromatic rings. The van der Waals surface area contributed by atoms with Crippen molar-refractivity contribution in [3.63, 3.8) is 0 Å². The van der Waals surface area contributed by atoms with Crippen LogP contribution >= 0.6 is 11.6 Å². The third kappa shape index (κ3) is 3.59. The second-order valence-corrected chi connectivity index (χ2v) is 7.80. The number of rotatable bonds is 5. The first-order valence-corrected chi connectivity index (χ1v) is 8.53. The molecule has 0 radical (unpaired) electrons. The first kappa shape index (κ1) is 16.2. The molecule has 0 spiro atoms. The van der Waals surface area contributed by atoms with E-state index in [2.05, 4.69) is 0 Å². The molecule has 6 heteroatoms. The zero-order valence-corrected chi connectivity index (χ0v) is 13.3. The molecule has 0 N–H and O–H groups in total. The van der Waals surface area contributed by atoms with Crippen molar-refractivity contribution in [2.24, 2.45) is 11.8 Å². The Morgan fingerprint density at radius 2 is 1.78 bits per heavy atom. The van der Waals surface area contributed by atoms with Crippen LogP contribution in [0, 0.1) is 11.8 Å². The van der Waals surface area contributed by atoms with E-state index in [0.29, 0.717) is 30.8 Å². The lowest BCUT2D eigenvalue weighted by molar-refractivity contribution is 0.246. The van der Waals surface area contributed by atoms with Crippen molar-refractivity contribution in [2.45, 2.75) is 39.7 Å². The van der Waals surface area contributed by atoms with E-state index >= 15 is 0 Å². The largest absolute Gasteiger partial charge is 0.281 e. The molecule has 0 aromatic carbocycles. The molecule has 0 aliphatic carbocycles. The van der Waals surface area contributed by atoms with E-state index in [1.807, 2.05) is 20.8 Å². The van der Waals surface area contributed by atoms with Gasteiger partial charge in [-0.15, -0.1) is 11.6 Å². The van der Waals surface area contributed by atoms with Gasteiger partial charge in [0.2, 0.25) is 0 Å². The molecule has 0 saturated carbocycles. The van der Waals surface area contributed by atoms with Crippen LogP contribution in [0.4, 0.5) is 0 Å². The van der Waals surface area contributed by atoms with Crippen LogP contribution in [-0.2, 0) is 10.2 Å². The minimum atomic E-state index is -3.31. The van der Waals surface area contributed by atoms with Gasteiger partial charge in [-0.1, -0.05) is 13.8 Å². The molecule has 1 aliphatic rings. The summed E-state index contributed by atoms with van der Waals surface area (Å²) >= 11 is 5.82. The van der Waals surface area contributed by atoms with Crippen molar-refractivity contribution >= 4 is 21.8 Å². The Hall–Kier alpha value is 0.160. The molecule has 1 rings (SSSR count). The predicted molar refractivity (Wildman–Crippen MR) is 76.0 cm³/mol. The molecule has 18 heavy (non-hydrogen) atoms. The second-order valence-electron chi connectivity index (χ2n) is 5.51. The van der Waals surface area contributed by atoms with Gasteiger partial charge in [0, 0.05) is 32.1 Å². The topological polar surface area (TPSA) is 40.6 Å². The summed E-state index contributed by atoms with van der Waals surface area (Å²) in [5.74, 6) is 1.41. The minimum absolute atomic E-state index is 0.0146. The molecule has 4 nitrogen and oxygen atoms in total. The van der Waals surface area contributed by atoms with Gasteiger partial charge in [0.25, 0.3) is 10.2 Å². The highest BCUT2D eigenvalue weighted by atomic mass is 35.5. The number of piperidine rings is 1. The molecule has 1 saturated heterocycles. The maximum absolute atomic E-state index is 12.4. The van der Waals surface area contributed by atoms with Crippen molar-refractivity contribution < 1.29 is 8.42 Å². The first-order chi connectivity index (χ1) is 8.30.